The summed E-state index contributed by atoms with van der Waals surface area (Å²) in [5.74, 6) is 0. The summed E-state index contributed by atoms with van der Waals surface area (Å²) in [7, 11) is 0. The molecule has 66 valence electrons. The summed E-state index contributed by atoms with van der Waals surface area (Å²) < 4.78 is 0. The van der Waals surface area contributed by atoms with Crippen molar-refractivity contribution in [3.63, 3.8) is 0 Å². The lowest BCUT2D eigenvalue weighted by Crippen LogP contribution is -2.27. The standard InChI is InChI=1S/C9H15N3/c1-2-9(8-11)12-7-5-3-4-6-10/h9,12H,2-5,7H2,1H3. The molecule has 0 aromatic rings. The first-order valence-corrected chi connectivity index (χ1v) is 4.35. The van der Waals surface area contributed by atoms with E-state index in [9.17, 15) is 0 Å². The lowest BCUT2D eigenvalue weighted by Gasteiger charge is -2.07. The second-order valence-electron chi connectivity index (χ2n) is 2.66. The van der Waals surface area contributed by atoms with Crippen LogP contribution in [0, 0.1) is 22.7 Å². The maximum absolute atomic E-state index is 8.56. The maximum Gasteiger partial charge on any atom is 0.0950 e. The minimum absolute atomic E-state index is 0.0212. The van der Waals surface area contributed by atoms with E-state index in [4.69, 9.17) is 10.5 Å². The Balaban J connectivity index is 3.20. The molecule has 0 rings (SSSR count). The average Bonchev–Trinajstić information content (AvgIpc) is 2.11. The quantitative estimate of drug-likeness (QED) is 0.608. The third-order valence-corrected chi connectivity index (χ3v) is 1.67. The van der Waals surface area contributed by atoms with E-state index in [0.29, 0.717) is 6.42 Å². The van der Waals surface area contributed by atoms with Crippen molar-refractivity contribution in [3.8, 4) is 12.1 Å². The zero-order chi connectivity index (χ0) is 9.23. The molecule has 1 atom stereocenters. The number of unbranched alkanes of at least 4 members (excludes halogenated alkanes) is 2. The van der Waals surface area contributed by atoms with E-state index in [-0.39, 0.29) is 6.04 Å². The van der Waals surface area contributed by atoms with Gasteiger partial charge in [-0.05, 0) is 25.8 Å². The molecule has 1 unspecified atom stereocenters. The van der Waals surface area contributed by atoms with Gasteiger partial charge in [-0.15, -0.1) is 0 Å². The zero-order valence-corrected chi connectivity index (χ0v) is 7.51. The highest BCUT2D eigenvalue weighted by Gasteiger charge is 2.00. The number of nitrogens with one attached hydrogen (secondary N) is 1. The molecule has 0 aromatic heterocycles. The highest BCUT2D eigenvalue weighted by molar-refractivity contribution is 4.88. The Morgan fingerprint density at radius 3 is 2.58 bits per heavy atom. The van der Waals surface area contributed by atoms with Crippen molar-refractivity contribution < 1.29 is 0 Å². The summed E-state index contributed by atoms with van der Waals surface area (Å²) in [5, 5.41) is 19.9. The van der Waals surface area contributed by atoms with E-state index >= 15 is 0 Å². The van der Waals surface area contributed by atoms with Crippen LogP contribution >= 0.6 is 0 Å². The zero-order valence-electron chi connectivity index (χ0n) is 7.51. The van der Waals surface area contributed by atoms with Gasteiger partial charge in [-0.1, -0.05) is 6.92 Å². The number of nitriles is 2. The molecule has 3 heteroatoms. The minimum atomic E-state index is -0.0212. The molecule has 0 amide bonds. The van der Waals surface area contributed by atoms with Crippen molar-refractivity contribution >= 4 is 0 Å². The van der Waals surface area contributed by atoms with Gasteiger partial charge in [-0.25, -0.2) is 0 Å². The first kappa shape index (κ1) is 10.9. The van der Waals surface area contributed by atoms with Gasteiger partial charge < -0.3 is 5.32 Å². The van der Waals surface area contributed by atoms with Crippen molar-refractivity contribution in [2.45, 2.75) is 38.6 Å². The van der Waals surface area contributed by atoms with Gasteiger partial charge in [0.15, 0.2) is 0 Å². The molecule has 3 nitrogen and oxygen atoms in total. The van der Waals surface area contributed by atoms with Crippen molar-refractivity contribution in [2.75, 3.05) is 6.54 Å². The normalized spacial score (nSPS) is 11.6. The molecule has 1 N–H and O–H groups in total. The second kappa shape index (κ2) is 8.04. The fraction of sp³-hybridized carbons (Fsp3) is 0.778. The number of rotatable bonds is 6. The van der Waals surface area contributed by atoms with Gasteiger partial charge in [0.25, 0.3) is 0 Å². The van der Waals surface area contributed by atoms with Crippen molar-refractivity contribution in [1.82, 2.24) is 5.32 Å². The highest BCUT2D eigenvalue weighted by atomic mass is 14.9. The molecule has 0 fully saturated rings. The van der Waals surface area contributed by atoms with E-state index in [1.807, 2.05) is 6.92 Å². The third-order valence-electron chi connectivity index (χ3n) is 1.67. The van der Waals surface area contributed by atoms with Gasteiger partial charge in [0, 0.05) is 6.42 Å². The summed E-state index contributed by atoms with van der Waals surface area (Å²) in [6.45, 7) is 2.82. The second-order valence-corrected chi connectivity index (χ2v) is 2.66. The first-order chi connectivity index (χ1) is 5.85. The topological polar surface area (TPSA) is 59.6 Å². The highest BCUT2D eigenvalue weighted by Crippen LogP contribution is 1.93. The smallest absolute Gasteiger partial charge is 0.0950 e. The Hall–Kier alpha value is -1.06. The SMILES string of the molecule is CCC(C#N)NCCCCC#N. The third kappa shape index (κ3) is 5.70. The van der Waals surface area contributed by atoms with Crippen LogP contribution in [0.1, 0.15) is 32.6 Å². The lowest BCUT2D eigenvalue weighted by molar-refractivity contribution is 0.560. The van der Waals surface area contributed by atoms with E-state index in [1.54, 1.807) is 0 Å². The van der Waals surface area contributed by atoms with Gasteiger partial charge in [0.1, 0.15) is 0 Å². The molecule has 12 heavy (non-hydrogen) atoms. The number of hydrogen-bond acceptors (Lipinski definition) is 3. The molecule has 0 aliphatic rings. The number of hydrogen-bond donors (Lipinski definition) is 1. The average molecular weight is 165 g/mol. The molecule has 0 radical (unpaired) electrons. The molecule has 0 heterocycles. The molecular weight excluding hydrogens is 150 g/mol. The van der Waals surface area contributed by atoms with Crippen LogP contribution in [0.4, 0.5) is 0 Å². The molecular formula is C9H15N3. The Labute approximate surface area is 74.0 Å². The van der Waals surface area contributed by atoms with E-state index in [2.05, 4.69) is 17.5 Å². The van der Waals surface area contributed by atoms with Gasteiger partial charge in [-0.3, -0.25) is 0 Å². The fourth-order valence-corrected chi connectivity index (χ4v) is 0.887. The molecule has 0 aliphatic carbocycles. The van der Waals surface area contributed by atoms with Crippen LogP contribution in [0.2, 0.25) is 0 Å². The lowest BCUT2D eigenvalue weighted by atomic mass is 10.2. The Morgan fingerprint density at radius 2 is 2.08 bits per heavy atom. The van der Waals surface area contributed by atoms with Crippen LogP contribution in [-0.2, 0) is 0 Å². The predicted octanol–water partition coefficient (Wildman–Crippen LogP) is 1.57. The summed E-state index contributed by atoms with van der Waals surface area (Å²) in [6, 6.07) is 4.24. The first-order valence-electron chi connectivity index (χ1n) is 4.35. The monoisotopic (exact) mass is 165 g/mol. The van der Waals surface area contributed by atoms with E-state index in [1.165, 1.54) is 0 Å². The van der Waals surface area contributed by atoms with Gasteiger partial charge in [-0.2, -0.15) is 10.5 Å². The predicted molar refractivity (Wildman–Crippen MR) is 47.2 cm³/mol. The molecule has 0 saturated heterocycles. The van der Waals surface area contributed by atoms with Crippen LogP contribution in [0.15, 0.2) is 0 Å². The summed E-state index contributed by atoms with van der Waals surface area (Å²) >= 11 is 0. The van der Waals surface area contributed by atoms with Crippen LogP contribution in [-0.4, -0.2) is 12.6 Å². The van der Waals surface area contributed by atoms with Crippen LogP contribution < -0.4 is 5.32 Å². The van der Waals surface area contributed by atoms with Crippen LogP contribution in [0.3, 0.4) is 0 Å². The summed E-state index contributed by atoms with van der Waals surface area (Å²) in [4.78, 5) is 0. The molecule has 0 aliphatic heterocycles. The largest absolute Gasteiger partial charge is 0.302 e. The van der Waals surface area contributed by atoms with E-state index in [0.717, 1.165) is 25.8 Å². The Morgan fingerprint density at radius 1 is 1.33 bits per heavy atom. The molecule has 0 spiro atoms. The van der Waals surface area contributed by atoms with Crippen molar-refractivity contribution in [2.24, 2.45) is 0 Å². The maximum atomic E-state index is 8.56. The van der Waals surface area contributed by atoms with Crippen LogP contribution in [0.25, 0.3) is 0 Å². The minimum Gasteiger partial charge on any atom is -0.302 e. The molecule has 0 aromatic carbocycles. The van der Waals surface area contributed by atoms with Crippen LogP contribution in [0.5, 0.6) is 0 Å². The van der Waals surface area contributed by atoms with Gasteiger partial charge in [0.2, 0.25) is 0 Å². The summed E-state index contributed by atoms with van der Waals surface area (Å²) in [6.07, 6.45) is 3.36. The van der Waals surface area contributed by atoms with E-state index < -0.39 is 0 Å². The van der Waals surface area contributed by atoms with Gasteiger partial charge >= 0.3 is 0 Å². The Bertz CT molecular complexity index is 175. The molecule has 0 bridgehead atoms. The number of nitrogens with zero attached hydrogens (tertiary/aromatic N) is 2. The molecule has 0 saturated carbocycles. The van der Waals surface area contributed by atoms with Gasteiger partial charge in [0.05, 0.1) is 18.2 Å². The van der Waals surface area contributed by atoms with Crippen molar-refractivity contribution in [1.29, 1.82) is 10.5 Å². The van der Waals surface area contributed by atoms with Crippen molar-refractivity contribution in [3.05, 3.63) is 0 Å². The fourth-order valence-electron chi connectivity index (χ4n) is 0.887. The Kier molecular flexibility index (Phi) is 7.33. The summed E-state index contributed by atoms with van der Waals surface area (Å²) in [5.41, 5.74) is 0.